The zero-order chi connectivity index (χ0) is 30.7. The van der Waals surface area contributed by atoms with Gasteiger partial charge in [-0.15, -0.1) is 0 Å². The van der Waals surface area contributed by atoms with E-state index >= 15 is 0 Å². The van der Waals surface area contributed by atoms with Gasteiger partial charge in [0.2, 0.25) is 0 Å². The van der Waals surface area contributed by atoms with E-state index in [1.807, 2.05) is 17.9 Å². The Bertz CT molecular complexity index is 1490. The maximum Gasteiger partial charge on any atom is 0.183 e. The number of hydrogen-bond acceptors (Lipinski definition) is 7. The second kappa shape index (κ2) is 13.2. The van der Waals surface area contributed by atoms with Crippen molar-refractivity contribution in [2.45, 2.75) is 99.0 Å². The van der Waals surface area contributed by atoms with Crippen molar-refractivity contribution >= 4 is 28.5 Å². The summed E-state index contributed by atoms with van der Waals surface area (Å²) in [5, 5.41) is 11.0. The molecule has 3 heterocycles. The maximum absolute atomic E-state index is 5.01. The zero-order valence-corrected chi connectivity index (χ0v) is 27.6. The number of allylic oxidation sites excluding steroid dienone is 2. The van der Waals surface area contributed by atoms with Crippen molar-refractivity contribution in [1.29, 1.82) is 0 Å². The molecule has 0 saturated carbocycles. The van der Waals surface area contributed by atoms with Crippen molar-refractivity contribution in [3.63, 3.8) is 0 Å². The van der Waals surface area contributed by atoms with E-state index in [2.05, 4.69) is 87.6 Å². The Morgan fingerprint density at radius 3 is 2.70 bits per heavy atom. The summed E-state index contributed by atoms with van der Waals surface area (Å²) in [7, 11) is 2.00. The molecule has 2 aliphatic rings. The number of aromatic nitrogens is 4. The molecule has 0 spiro atoms. The van der Waals surface area contributed by atoms with Gasteiger partial charge in [-0.1, -0.05) is 60.1 Å². The number of rotatable bonds is 11. The summed E-state index contributed by atoms with van der Waals surface area (Å²) < 4.78 is 1.99. The minimum absolute atomic E-state index is 0.0644. The molecule has 232 valence electrons. The summed E-state index contributed by atoms with van der Waals surface area (Å²) >= 11 is 0. The third-order valence-corrected chi connectivity index (χ3v) is 9.08. The summed E-state index contributed by atoms with van der Waals surface area (Å²) in [6.45, 7) is 18.2. The Morgan fingerprint density at radius 1 is 1.14 bits per heavy atom. The first-order valence-corrected chi connectivity index (χ1v) is 16.3. The number of amidine groups is 1. The number of aliphatic imine (C=N–C) groups is 1. The summed E-state index contributed by atoms with van der Waals surface area (Å²) in [5.74, 6) is 4.73. The fourth-order valence-electron chi connectivity index (χ4n) is 6.27. The molecule has 0 radical (unpaired) electrons. The maximum atomic E-state index is 5.01. The van der Waals surface area contributed by atoms with Gasteiger partial charge in [-0.25, -0.2) is 15.0 Å². The minimum atomic E-state index is 0.0644. The van der Waals surface area contributed by atoms with Crippen molar-refractivity contribution in [2.75, 3.05) is 18.4 Å². The molecule has 1 aliphatic heterocycles. The third kappa shape index (κ3) is 7.64. The van der Waals surface area contributed by atoms with E-state index in [1.165, 1.54) is 29.7 Å². The summed E-state index contributed by atoms with van der Waals surface area (Å²) in [5.41, 5.74) is 8.33. The lowest BCUT2D eigenvalue weighted by Crippen LogP contribution is -2.24. The van der Waals surface area contributed by atoms with Crippen LogP contribution < -0.4 is 16.0 Å². The monoisotopic (exact) mass is 584 g/mol. The molecular formula is C35H52N8. The largest absolute Gasteiger partial charge is 0.347 e. The van der Waals surface area contributed by atoms with E-state index in [4.69, 9.17) is 15.0 Å². The molecule has 8 nitrogen and oxygen atoms in total. The Kier molecular flexibility index (Phi) is 9.54. The smallest absolute Gasteiger partial charge is 0.183 e. The van der Waals surface area contributed by atoms with Crippen molar-refractivity contribution in [3.05, 3.63) is 52.7 Å². The lowest BCUT2D eigenvalue weighted by Gasteiger charge is -2.26. The molecule has 0 saturated heterocycles. The van der Waals surface area contributed by atoms with Gasteiger partial charge in [0.15, 0.2) is 11.5 Å². The Morgan fingerprint density at radius 2 is 1.95 bits per heavy atom. The second-order valence-electron chi connectivity index (χ2n) is 14.0. The van der Waals surface area contributed by atoms with Crippen molar-refractivity contribution in [3.8, 4) is 0 Å². The molecule has 2 unspecified atom stereocenters. The average Bonchev–Trinajstić information content (AvgIpc) is 3.59. The van der Waals surface area contributed by atoms with Crippen LogP contribution in [0.2, 0.25) is 0 Å². The molecule has 8 heteroatoms. The Hall–Kier alpha value is -3.26. The highest BCUT2D eigenvalue weighted by Crippen LogP contribution is 2.44. The minimum Gasteiger partial charge on any atom is -0.347 e. The SMILES string of the molecule is CCC1=NCCC(CCNCc2nc(Nc3cc(C(C)(C)C)ccc3C)c3c(ncn3C)n2)C(CCC(C)C)C2=C(C2)N1. The van der Waals surface area contributed by atoms with Gasteiger partial charge in [0.05, 0.1) is 12.9 Å². The van der Waals surface area contributed by atoms with E-state index < -0.39 is 0 Å². The number of nitrogens with one attached hydrogen (secondary N) is 3. The summed E-state index contributed by atoms with van der Waals surface area (Å²) in [6.07, 6.45) is 8.75. The van der Waals surface area contributed by atoms with E-state index in [0.717, 1.165) is 79.0 Å². The van der Waals surface area contributed by atoms with Crippen LogP contribution in [0.15, 0.2) is 40.8 Å². The van der Waals surface area contributed by atoms with Crippen LogP contribution >= 0.6 is 0 Å². The van der Waals surface area contributed by atoms with E-state index in [9.17, 15) is 0 Å². The lowest BCUT2D eigenvalue weighted by atomic mass is 9.80. The molecular weight excluding hydrogens is 532 g/mol. The highest BCUT2D eigenvalue weighted by atomic mass is 15.1. The number of imidazole rings is 1. The average molecular weight is 585 g/mol. The molecule has 1 aliphatic carbocycles. The molecule has 0 bridgehead atoms. The van der Waals surface area contributed by atoms with Crippen LogP contribution in [0.25, 0.3) is 11.2 Å². The van der Waals surface area contributed by atoms with Crippen LogP contribution in [0.3, 0.4) is 0 Å². The van der Waals surface area contributed by atoms with Crippen LogP contribution in [0.1, 0.15) is 97.0 Å². The van der Waals surface area contributed by atoms with Gasteiger partial charge in [-0.3, -0.25) is 4.99 Å². The first-order valence-electron chi connectivity index (χ1n) is 16.3. The van der Waals surface area contributed by atoms with Gasteiger partial charge in [-0.05, 0) is 78.7 Å². The summed E-state index contributed by atoms with van der Waals surface area (Å²) in [6, 6.07) is 6.64. The topological polar surface area (TPSA) is 92.0 Å². The molecule has 0 amide bonds. The van der Waals surface area contributed by atoms with Gasteiger partial charge >= 0.3 is 0 Å². The number of benzene rings is 1. The van der Waals surface area contributed by atoms with Gasteiger partial charge < -0.3 is 20.5 Å². The first kappa shape index (κ1) is 31.2. The van der Waals surface area contributed by atoms with Crippen LogP contribution in [0, 0.1) is 24.7 Å². The number of hydrogen-bond donors (Lipinski definition) is 3. The predicted octanol–water partition coefficient (Wildman–Crippen LogP) is 7.32. The molecule has 0 fully saturated rings. The molecule has 3 aromatic rings. The molecule has 2 aromatic heterocycles. The van der Waals surface area contributed by atoms with Crippen molar-refractivity contribution in [1.82, 2.24) is 30.2 Å². The van der Waals surface area contributed by atoms with Gasteiger partial charge in [-0.2, -0.15) is 0 Å². The lowest BCUT2D eigenvalue weighted by molar-refractivity contribution is 0.303. The van der Waals surface area contributed by atoms with E-state index in [-0.39, 0.29) is 5.41 Å². The van der Waals surface area contributed by atoms with Crippen LogP contribution in [-0.4, -0.2) is 38.4 Å². The third-order valence-electron chi connectivity index (χ3n) is 9.08. The quantitative estimate of drug-likeness (QED) is 0.205. The Labute approximate surface area is 258 Å². The van der Waals surface area contributed by atoms with Gasteiger partial charge in [0, 0.05) is 37.8 Å². The molecule has 1 aromatic carbocycles. The second-order valence-corrected chi connectivity index (χ2v) is 14.0. The number of nitrogens with zero attached hydrogens (tertiary/aromatic N) is 5. The van der Waals surface area contributed by atoms with E-state index in [1.54, 1.807) is 5.57 Å². The zero-order valence-electron chi connectivity index (χ0n) is 27.6. The standard InChI is InChI=1S/C35H52N8/c1-9-30-37-17-15-24(26(13-10-22(2)3)27-19-29(27)39-30)14-16-36-20-31-41-33-32(43(8)21-38-33)34(42-31)40-28-18-25(35(5,6)7)12-11-23(28)4/h11-12,18,21-22,24,26,36H,9-10,13-17,19-20H2,1-8H3,(H,37,39)(H,40,41,42). The van der Waals surface area contributed by atoms with Crippen LogP contribution in [0.4, 0.5) is 11.5 Å². The number of aryl methyl sites for hydroxylation is 2. The van der Waals surface area contributed by atoms with Crippen LogP contribution in [0.5, 0.6) is 0 Å². The first-order chi connectivity index (χ1) is 20.5. The van der Waals surface area contributed by atoms with Gasteiger partial charge in [0.1, 0.15) is 17.2 Å². The highest BCUT2D eigenvalue weighted by molar-refractivity contribution is 5.86. The fraction of sp³-hybridized carbons (Fsp3) is 0.600. The summed E-state index contributed by atoms with van der Waals surface area (Å²) in [4.78, 5) is 19.3. The highest BCUT2D eigenvalue weighted by Gasteiger charge is 2.35. The van der Waals surface area contributed by atoms with E-state index in [0.29, 0.717) is 18.4 Å². The Balaban J connectivity index is 1.29. The number of anilines is 2. The fourth-order valence-corrected chi connectivity index (χ4v) is 6.27. The van der Waals surface area contributed by atoms with Crippen molar-refractivity contribution in [2.24, 2.45) is 29.8 Å². The normalized spacial score (nSPS) is 19.0. The molecule has 43 heavy (non-hydrogen) atoms. The molecule has 2 atom stereocenters. The molecule has 5 rings (SSSR count). The molecule has 3 N–H and O–H groups in total. The number of fused-ring (bicyclic) bond motifs is 1. The van der Waals surface area contributed by atoms with Crippen molar-refractivity contribution < 1.29 is 0 Å². The predicted molar refractivity (Wildman–Crippen MR) is 179 cm³/mol. The van der Waals surface area contributed by atoms with Gasteiger partial charge in [0.25, 0.3) is 0 Å². The van der Waals surface area contributed by atoms with Crippen LogP contribution in [-0.2, 0) is 19.0 Å².